The molecule has 2 rings (SSSR count). The molecule has 19 heavy (non-hydrogen) atoms. The molecule has 2 fully saturated rings. The third kappa shape index (κ3) is 3.28. The summed E-state index contributed by atoms with van der Waals surface area (Å²) in [4.78, 5) is 0. The van der Waals surface area contributed by atoms with E-state index in [4.69, 9.17) is 0 Å². The molecule has 0 bridgehead atoms. The number of hydrogen-bond acceptors (Lipinski definition) is 5. The fraction of sp³-hybridized carbons (Fsp3) is 1.00. The van der Waals surface area contributed by atoms with Gasteiger partial charge in [0.15, 0.2) is 0 Å². The van der Waals surface area contributed by atoms with Gasteiger partial charge in [-0.3, -0.25) is 4.55 Å². The van der Waals surface area contributed by atoms with Gasteiger partial charge in [-0.25, -0.2) is 0 Å². The Bertz CT molecular complexity index is 394. The zero-order valence-corrected chi connectivity index (χ0v) is 11.8. The molecule has 4 N–H and O–H groups in total. The molecule has 3 atom stereocenters. The number of nitrogens with one attached hydrogen (secondary N) is 1. The van der Waals surface area contributed by atoms with Crippen molar-refractivity contribution in [2.75, 3.05) is 6.54 Å². The van der Waals surface area contributed by atoms with Crippen molar-refractivity contribution < 1.29 is 23.2 Å². The van der Waals surface area contributed by atoms with Crippen molar-refractivity contribution in [3.05, 3.63) is 0 Å². The smallest absolute Gasteiger partial charge is 0.272 e. The predicted molar refractivity (Wildman–Crippen MR) is 70.4 cm³/mol. The van der Waals surface area contributed by atoms with Crippen molar-refractivity contribution in [3.8, 4) is 0 Å². The highest BCUT2D eigenvalue weighted by Crippen LogP contribution is 2.36. The van der Waals surface area contributed by atoms with E-state index in [1.165, 1.54) is 6.42 Å². The summed E-state index contributed by atoms with van der Waals surface area (Å²) in [6.07, 6.45) is 3.06. The average molecular weight is 293 g/mol. The lowest BCUT2D eigenvalue weighted by Crippen LogP contribution is -2.49. The molecule has 0 aliphatic heterocycles. The van der Waals surface area contributed by atoms with Crippen LogP contribution in [-0.2, 0) is 10.1 Å². The van der Waals surface area contributed by atoms with Crippen LogP contribution in [0, 0.1) is 0 Å². The third-order valence-corrected chi connectivity index (χ3v) is 6.04. The topological polar surface area (TPSA) is 107 Å². The van der Waals surface area contributed by atoms with E-state index in [9.17, 15) is 23.2 Å². The maximum absolute atomic E-state index is 11.6. The SMILES string of the molecule is O=S(=O)(O)C1(CNC2CCCCC2)C[C@@H](O)[C@@H](O)C1. The quantitative estimate of drug-likeness (QED) is 0.546. The number of hydrogen-bond donors (Lipinski definition) is 4. The molecule has 0 heterocycles. The van der Waals surface area contributed by atoms with Crippen LogP contribution in [0.15, 0.2) is 0 Å². The van der Waals surface area contributed by atoms with Gasteiger partial charge in [0.25, 0.3) is 10.1 Å². The van der Waals surface area contributed by atoms with Crippen molar-refractivity contribution in [2.45, 2.75) is 67.9 Å². The Hall–Kier alpha value is -0.210. The highest BCUT2D eigenvalue weighted by Gasteiger charge is 2.52. The summed E-state index contributed by atoms with van der Waals surface area (Å²) in [5, 5.41) is 22.4. The number of rotatable bonds is 4. The van der Waals surface area contributed by atoms with Crippen LogP contribution in [-0.4, -0.2) is 52.7 Å². The molecule has 6 nitrogen and oxygen atoms in total. The summed E-state index contributed by atoms with van der Waals surface area (Å²) >= 11 is 0. The second-order valence-electron chi connectivity index (χ2n) is 5.92. The Labute approximate surface area is 114 Å². The third-order valence-electron chi connectivity index (χ3n) is 4.47. The minimum atomic E-state index is -4.31. The molecule has 0 radical (unpaired) electrons. The molecular weight excluding hydrogens is 270 g/mol. The average Bonchev–Trinajstić information content (AvgIpc) is 2.65. The summed E-state index contributed by atoms with van der Waals surface area (Å²) in [5.74, 6) is 0. The van der Waals surface area contributed by atoms with Gasteiger partial charge in [0.2, 0.25) is 0 Å². The van der Waals surface area contributed by atoms with Gasteiger partial charge in [0, 0.05) is 12.6 Å². The Balaban J connectivity index is 2.03. The Kier molecular flexibility index (Phi) is 4.52. The molecule has 0 spiro atoms. The normalized spacial score (nSPS) is 37.6. The van der Waals surface area contributed by atoms with Crippen molar-refractivity contribution in [1.29, 1.82) is 0 Å². The molecule has 2 aliphatic rings. The van der Waals surface area contributed by atoms with Gasteiger partial charge < -0.3 is 15.5 Å². The summed E-state index contributed by atoms with van der Waals surface area (Å²) in [6.45, 7) is 0.0879. The molecule has 112 valence electrons. The Morgan fingerprint density at radius 3 is 2.05 bits per heavy atom. The molecule has 1 unspecified atom stereocenters. The van der Waals surface area contributed by atoms with E-state index < -0.39 is 27.1 Å². The van der Waals surface area contributed by atoms with Gasteiger partial charge >= 0.3 is 0 Å². The minimum Gasteiger partial charge on any atom is -0.390 e. The lowest BCUT2D eigenvalue weighted by Gasteiger charge is -2.30. The van der Waals surface area contributed by atoms with E-state index in [2.05, 4.69) is 5.32 Å². The molecule has 0 aromatic rings. The number of aliphatic hydroxyl groups excluding tert-OH is 2. The maximum atomic E-state index is 11.6. The molecule has 0 saturated heterocycles. The standard InChI is InChI=1S/C12H23NO5S/c14-10-6-12(7-11(10)15,19(16,17)18)8-13-9-4-2-1-3-5-9/h9-11,13-15H,1-8H2,(H,16,17,18)/t10-,11+,12?. The zero-order valence-electron chi connectivity index (χ0n) is 11.0. The van der Waals surface area contributed by atoms with E-state index in [0.717, 1.165) is 25.7 Å². The molecule has 0 amide bonds. The van der Waals surface area contributed by atoms with Crippen molar-refractivity contribution in [1.82, 2.24) is 5.32 Å². The van der Waals surface area contributed by atoms with Crippen LogP contribution < -0.4 is 5.32 Å². The van der Waals surface area contributed by atoms with Gasteiger partial charge in [0.05, 0.1) is 12.2 Å². The predicted octanol–water partition coefficient (Wildman–Crippen LogP) is 0.0509. The first-order valence-corrected chi connectivity index (χ1v) is 8.35. The molecule has 0 aromatic heterocycles. The second-order valence-corrected chi connectivity index (χ2v) is 7.73. The highest BCUT2D eigenvalue weighted by atomic mass is 32.2. The summed E-state index contributed by atoms with van der Waals surface area (Å²) in [7, 11) is -4.31. The molecular formula is C12H23NO5S. The van der Waals surface area contributed by atoms with E-state index in [-0.39, 0.29) is 25.4 Å². The Morgan fingerprint density at radius 2 is 1.58 bits per heavy atom. The maximum Gasteiger partial charge on any atom is 0.272 e. The Morgan fingerprint density at radius 1 is 1.05 bits per heavy atom. The largest absolute Gasteiger partial charge is 0.390 e. The lowest BCUT2D eigenvalue weighted by atomic mass is 9.95. The molecule has 0 aromatic carbocycles. The van der Waals surface area contributed by atoms with Gasteiger partial charge in [-0.2, -0.15) is 8.42 Å². The molecule has 2 aliphatic carbocycles. The first-order chi connectivity index (χ1) is 8.84. The van der Waals surface area contributed by atoms with Crippen LogP contribution in [0.25, 0.3) is 0 Å². The van der Waals surface area contributed by atoms with Crippen molar-refractivity contribution >= 4 is 10.1 Å². The van der Waals surface area contributed by atoms with Crippen LogP contribution >= 0.6 is 0 Å². The minimum absolute atomic E-state index is 0.0879. The van der Waals surface area contributed by atoms with E-state index in [1.807, 2.05) is 0 Å². The first-order valence-electron chi connectivity index (χ1n) is 6.91. The van der Waals surface area contributed by atoms with Crippen molar-refractivity contribution in [2.24, 2.45) is 0 Å². The lowest BCUT2D eigenvalue weighted by molar-refractivity contribution is 0.0438. The summed E-state index contributed by atoms with van der Waals surface area (Å²) < 4.78 is 31.2. The fourth-order valence-corrected chi connectivity index (χ4v) is 4.23. The highest BCUT2D eigenvalue weighted by molar-refractivity contribution is 7.87. The summed E-state index contributed by atoms with van der Waals surface area (Å²) in [6, 6.07) is 0.266. The van der Waals surface area contributed by atoms with Crippen LogP contribution in [0.1, 0.15) is 44.9 Å². The van der Waals surface area contributed by atoms with E-state index in [1.54, 1.807) is 0 Å². The monoisotopic (exact) mass is 293 g/mol. The van der Waals surface area contributed by atoms with Gasteiger partial charge in [-0.15, -0.1) is 0 Å². The second kappa shape index (κ2) is 5.65. The van der Waals surface area contributed by atoms with E-state index >= 15 is 0 Å². The van der Waals surface area contributed by atoms with Crippen LogP contribution in [0.5, 0.6) is 0 Å². The fourth-order valence-electron chi connectivity index (χ4n) is 3.20. The van der Waals surface area contributed by atoms with Crippen molar-refractivity contribution in [3.63, 3.8) is 0 Å². The number of aliphatic hydroxyl groups is 2. The van der Waals surface area contributed by atoms with Crippen LogP contribution in [0.2, 0.25) is 0 Å². The van der Waals surface area contributed by atoms with Gasteiger partial charge in [-0.1, -0.05) is 19.3 Å². The van der Waals surface area contributed by atoms with Gasteiger partial charge in [-0.05, 0) is 25.7 Å². The molecule has 7 heteroatoms. The first kappa shape index (κ1) is 15.2. The van der Waals surface area contributed by atoms with E-state index in [0.29, 0.717) is 0 Å². The summed E-state index contributed by atoms with van der Waals surface area (Å²) in [5.41, 5.74) is 0. The zero-order chi connectivity index (χ0) is 14.1. The van der Waals surface area contributed by atoms with Crippen LogP contribution in [0.3, 0.4) is 0 Å². The van der Waals surface area contributed by atoms with Gasteiger partial charge in [0.1, 0.15) is 4.75 Å². The van der Waals surface area contributed by atoms with Crippen LogP contribution in [0.4, 0.5) is 0 Å². The molecule has 2 saturated carbocycles.